The Labute approximate surface area is 178 Å². The van der Waals surface area contributed by atoms with Gasteiger partial charge in [0.05, 0.1) is 29.5 Å². The molecule has 0 spiro atoms. The van der Waals surface area contributed by atoms with Crippen molar-refractivity contribution in [2.45, 2.75) is 26.3 Å². The van der Waals surface area contributed by atoms with Crippen molar-refractivity contribution in [3.8, 4) is 5.69 Å². The van der Waals surface area contributed by atoms with Crippen LogP contribution < -0.4 is 11.3 Å². The lowest BCUT2D eigenvalue weighted by molar-refractivity contribution is 0.711. The predicted molar refractivity (Wildman–Crippen MR) is 120 cm³/mol. The zero-order valence-electron chi connectivity index (χ0n) is 17.2. The number of rotatable bonds is 4. The van der Waals surface area contributed by atoms with E-state index in [-0.39, 0.29) is 11.5 Å². The Balaban J connectivity index is 1.79. The van der Waals surface area contributed by atoms with Gasteiger partial charge in [-0.25, -0.2) is 19.9 Å². The summed E-state index contributed by atoms with van der Waals surface area (Å²) in [6, 6.07) is 15.3. The fraction of sp³-hybridized carbons (Fsp3) is 0.174. The minimum atomic E-state index is -0.104. The Bertz CT molecular complexity index is 1480. The smallest absolute Gasteiger partial charge is 0.266 e. The van der Waals surface area contributed by atoms with Crippen molar-refractivity contribution >= 4 is 27.9 Å². The van der Waals surface area contributed by atoms with Crippen LogP contribution in [0.25, 0.3) is 27.8 Å². The average molecular weight is 411 g/mol. The quantitative estimate of drug-likeness (QED) is 0.487. The number of imidazole rings is 1. The van der Waals surface area contributed by atoms with Crippen LogP contribution in [0.15, 0.2) is 66.0 Å². The van der Waals surface area contributed by atoms with Crippen LogP contribution in [0.4, 0.5) is 5.82 Å². The second-order valence-electron chi connectivity index (χ2n) is 7.70. The Kier molecular flexibility index (Phi) is 4.47. The highest BCUT2D eigenvalue weighted by atomic mass is 16.1. The van der Waals surface area contributed by atoms with Crippen LogP contribution in [0, 0.1) is 0 Å². The van der Waals surface area contributed by atoms with Crippen LogP contribution in [-0.4, -0.2) is 29.1 Å². The van der Waals surface area contributed by atoms with Crippen LogP contribution in [0.3, 0.4) is 0 Å². The molecule has 5 rings (SSSR count). The Hall–Kier alpha value is -4.07. The van der Waals surface area contributed by atoms with Gasteiger partial charge in [0.2, 0.25) is 0 Å². The van der Waals surface area contributed by atoms with Crippen molar-refractivity contribution in [2.75, 3.05) is 5.73 Å². The lowest BCUT2D eigenvalue weighted by atomic mass is 10.0. The van der Waals surface area contributed by atoms with Crippen LogP contribution >= 0.6 is 0 Å². The van der Waals surface area contributed by atoms with E-state index in [1.165, 1.54) is 6.33 Å². The topological polar surface area (TPSA) is 105 Å². The predicted octanol–water partition coefficient (Wildman–Crippen LogP) is 3.28. The summed E-state index contributed by atoms with van der Waals surface area (Å²) < 4.78 is 3.53. The third-order valence-electron chi connectivity index (χ3n) is 5.39. The lowest BCUT2D eigenvalue weighted by Gasteiger charge is -2.19. The second-order valence-corrected chi connectivity index (χ2v) is 7.70. The molecule has 8 nitrogen and oxygen atoms in total. The van der Waals surface area contributed by atoms with Gasteiger partial charge in [0.25, 0.3) is 5.56 Å². The third kappa shape index (κ3) is 3.13. The molecule has 0 saturated carbocycles. The molecule has 0 unspecified atom stereocenters. The zero-order valence-corrected chi connectivity index (χ0v) is 17.2. The SMILES string of the molecule is CC(C)c1ccccc1-n1c(Cn2cnc3c(N)ncnc32)nc2ccccc2c1=O. The molecule has 0 bridgehead atoms. The van der Waals surface area contributed by atoms with Crippen molar-refractivity contribution in [1.29, 1.82) is 0 Å². The number of hydrogen-bond donors (Lipinski definition) is 1. The van der Waals surface area contributed by atoms with Crippen molar-refractivity contribution in [3.63, 3.8) is 0 Å². The van der Waals surface area contributed by atoms with Crippen molar-refractivity contribution in [2.24, 2.45) is 0 Å². The molecular formula is C23H21N7O. The van der Waals surface area contributed by atoms with E-state index in [0.717, 1.165) is 11.3 Å². The van der Waals surface area contributed by atoms with E-state index in [2.05, 4.69) is 28.8 Å². The fourth-order valence-electron chi connectivity index (χ4n) is 3.88. The van der Waals surface area contributed by atoms with E-state index in [4.69, 9.17) is 10.7 Å². The number of anilines is 1. The normalized spacial score (nSPS) is 11.6. The number of aromatic nitrogens is 6. The van der Waals surface area contributed by atoms with Gasteiger partial charge < -0.3 is 10.3 Å². The highest BCUT2D eigenvalue weighted by Crippen LogP contribution is 2.24. The molecule has 0 aliphatic heterocycles. The number of para-hydroxylation sites is 2. The minimum absolute atomic E-state index is 0.104. The average Bonchev–Trinajstić information content (AvgIpc) is 3.18. The number of nitrogen functional groups attached to an aromatic ring is 1. The van der Waals surface area contributed by atoms with Gasteiger partial charge in [0, 0.05) is 0 Å². The molecule has 0 aliphatic rings. The molecule has 2 N–H and O–H groups in total. The van der Waals surface area contributed by atoms with Crippen molar-refractivity contribution < 1.29 is 0 Å². The van der Waals surface area contributed by atoms with Gasteiger partial charge in [0.1, 0.15) is 17.7 Å². The Morgan fingerprint density at radius 3 is 2.61 bits per heavy atom. The van der Waals surface area contributed by atoms with E-state index in [1.807, 2.05) is 53.1 Å². The molecule has 0 radical (unpaired) electrons. The Morgan fingerprint density at radius 1 is 1.00 bits per heavy atom. The first-order valence-electron chi connectivity index (χ1n) is 10.1. The molecule has 0 atom stereocenters. The second kappa shape index (κ2) is 7.32. The van der Waals surface area contributed by atoms with Crippen LogP contribution in [0.1, 0.15) is 31.2 Å². The first-order valence-corrected chi connectivity index (χ1v) is 10.1. The number of benzene rings is 2. The molecule has 0 amide bonds. The molecule has 5 aromatic rings. The standard InChI is InChI=1S/C23H21N7O/c1-14(2)15-7-4-6-10-18(15)30-19(28-17-9-5-3-8-16(17)23(30)31)11-29-13-27-20-21(24)25-12-26-22(20)29/h3-10,12-14H,11H2,1-2H3,(H2,24,25,26). The van der Waals surface area contributed by atoms with Crippen molar-refractivity contribution in [1.82, 2.24) is 29.1 Å². The summed E-state index contributed by atoms with van der Waals surface area (Å²) in [6.45, 7) is 4.53. The molecule has 3 heterocycles. The third-order valence-corrected chi connectivity index (χ3v) is 5.39. The summed E-state index contributed by atoms with van der Waals surface area (Å²) in [7, 11) is 0. The highest BCUT2D eigenvalue weighted by Gasteiger charge is 2.18. The summed E-state index contributed by atoms with van der Waals surface area (Å²) in [6.07, 6.45) is 3.06. The molecule has 0 fully saturated rings. The van der Waals surface area contributed by atoms with Crippen LogP contribution in [0.5, 0.6) is 0 Å². The van der Waals surface area contributed by atoms with Gasteiger partial charge in [-0.3, -0.25) is 9.36 Å². The summed E-state index contributed by atoms with van der Waals surface area (Å²) >= 11 is 0. The van der Waals surface area contributed by atoms with Gasteiger partial charge in [-0.15, -0.1) is 0 Å². The molecule has 3 aromatic heterocycles. The largest absolute Gasteiger partial charge is 0.382 e. The number of fused-ring (bicyclic) bond motifs is 2. The number of nitrogens with zero attached hydrogens (tertiary/aromatic N) is 6. The molecule has 0 saturated heterocycles. The molecule has 154 valence electrons. The van der Waals surface area contributed by atoms with Gasteiger partial charge in [-0.2, -0.15) is 0 Å². The van der Waals surface area contributed by atoms with E-state index in [0.29, 0.717) is 40.3 Å². The summed E-state index contributed by atoms with van der Waals surface area (Å²) in [5, 5.41) is 0.576. The van der Waals surface area contributed by atoms with Gasteiger partial charge >= 0.3 is 0 Å². The maximum Gasteiger partial charge on any atom is 0.266 e. The number of nitrogens with two attached hydrogens (primary N) is 1. The molecule has 31 heavy (non-hydrogen) atoms. The molecule has 8 heteroatoms. The summed E-state index contributed by atoms with van der Waals surface area (Å²) in [4.78, 5) is 31.1. The summed E-state index contributed by atoms with van der Waals surface area (Å²) in [5.41, 5.74) is 9.51. The highest BCUT2D eigenvalue weighted by molar-refractivity contribution is 5.81. The van der Waals surface area contributed by atoms with Crippen LogP contribution in [0.2, 0.25) is 0 Å². The minimum Gasteiger partial charge on any atom is -0.382 e. The van der Waals surface area contributed by atoms with E-state index < -0.39 is 0 Å². The lowest BCUT2D eigenvalue weighted by Crippen LogP contribution is -2.26. The molecule has 0 aliphatic carbocycles. The van der Waals surface area contributed by atoms with Gasteiger partial charge in [0.15, 0.2) is 11.5 Å². The molecule has 2 aromatic carbocycles. The van der Waals surface area contributed by atoms with E-state index in [9.17, 15) is 4.79 Å². The first-order chi connectivity index (χ1) is 15.0. The fourth-order valence-corrected chi connectivity index (χ4v) is 3.88. The maximum absolute atomic E-state index is 13.6. The summed E-state index contributed by atoms with van der Waals surface area (Å²) in [5.74, 6) is 1.15. The van der Waals surface area contributed by atoms with E-state index in [1.54, 1.807) is 10.9 Å². The van der Waals surface area contributed by atoms with Gasteiger partial charge in [-0.1, -0.05) is 44.2 Å². The van der Waals surface area contributed by atoms with E-state index >= 15 is 0 Å². The maximum atomic E-state index is 13.6. The molecular weight excluding hydrogens is 390 g/mol. The van der Waals surface area contributed by atoms with Crippen LogP contribution in [-0.2, 0) is 6.54 Å². The monoisotopic (exact) mass is 411 g/mol. The Morgan fingerprint density at radius 2 is 1.77 bits per heavy atom. The van der Waals surface area contributed by atoms with Crippen molar-refractivity contribution in [3.05, 3.63) is 82.9 Å². The number of hydrogen-bond acceptors (Lipinski definition) is 6. The zero-order chi connectivity index (χ0) is 21.5. The van der Waals surface area contributed by atoms with Gasteiger partial charge in [-0.05, 0) is 29.7 Å². The first kappa shape index (κ1) is 18.9.